The van der Waals surface area contributed by atoms with Crippen molar-refractivity contribution in [2.45, 2.75) is 19.4 Å². The zero-order valence-corrected chi connectivity index (χ0v) is 13.0. The highest BCUT2D eigenvalue weighted by Crippen LogP contribution is 2.35. The van der Waals surface area contributed by atoms with E-state index >= 15 is 0 Å². The maximum absolute atomic E-state index is 12.7. The summed E-state index contributed by atoms with van der Waals surface area (Å²) in [6.07, 6.45) is 1.16. The molecule has 0 N–H and O–H groups in total. The number of hydrogen-bond donors (Lipinski definition) is 0. The first-order valence-corrected chi connectivity index (χ1v) is 7.39. The largest absolute Gasteiger partial charge is 0.436 e. The minimum Gasteiger partial charge on any atom is -0.436 e. The van der Waals surface area contributed by atoms with Crippen LogP contribution in [0.4, 0.5) is 4.79 Å². The molecule has 0 unspecified atom stereocenters. The van der Waals surface area contributed by atoms with Crippen LogP contribution < -0.4 is 0 Å². The number of nitrogens with zero attached hydrogens (tertiary/aromatic N) is 1. The molecule has 4 heteroatoms. The summed E-state index contributed by atoms with van der Waals surface area (Å²) in [6, 6.07) is 18.3. The number of cyclic esters (lactones) is 1. The van der Waals surface area contributed by atoms with Gasteiger partial charge in [-0.05, 0) is 37.6 Å². The van der Waals surface area contributed by atoms with Crippen molar-refractivity contribution in [2.75, 3.05) is 0 Å². The van der Waals surface area contributed by atoms with Crippen LogP contribution in [0, 0.1) is 0 Å². The molecule has 0 aliphatic carbocycles. The van der Waals surface area contributed by atoms with Crippen LogP contribution in [0.5, 0.6) is 0 Å². The van der Waals surface area contributed by atoms with Gasteiger partial charge in [-0.3, -0.25) is 4.79 Å². The molecule has 4 nitrogen and oxygen atoms in total. The lowest BCUT2D eigenvalue weighted by Gasteiger charge is -2.20. The molecular weight excluding hydrogens is 290 g/mol. The summed E-state index contributed by atoms with van der Waals surface area (Å²) in [4.78, 5) is 26.1. The van der Waals surface area contributed by atoms with Crippen molar-refractivity contribution in [3.05, 3.63) is 77.5 Å². The first kappa shape index (κ1) is 15.0. The first-order valence-electron chi connectivity index (χ1n) is 7.39. The quantitative estimate of drug-likeness (QED) is 0.839. The van der Waals surface area contributed by atoms with Crippen LogP contribution in [0.15, 0.2) is 66.4 Å². The smallest absolute Gasteiger partial charge is 0.422 e. The summed E-state index contributed by atoms with van der Waals surface area (Å²) in [5, 5.41) is 0. The fraction of sp³-hybridized carbons (Fsp3) is 0.158. The average Bonchev–Trinajstić information content (AvgIpc) is 2.77. The van der Waals surface area contributed by atoms with Crippen molar-refractivity contribution in [1.82, 2.24) is 4.90 Å². The third kappa shape index (κ3) is 2.88. The molecular formula is C19H17NO3. The predicted octanol–water partition coefficient (Wildman–Crippen LogP) is 4.10. The molecule has 1 saturated heterocycles. The molecule has 0 spiro atoms. The maximum atomic E-state index is 12.7. The van der Waals surface area contributed by atoms with Gasteiger partial charge in [-0.1, -0.05) is 48.5 Å². The van der Waals surface area contributed by atoms with Gasteiger partial charge in [0.25, 0.3) is 5.91 Å². The van der Waals surface area contributed by atoms with E-state index in [-0.39, 0.29) is 5.91 Å². The van der Waals surface area contributed by atoms with E-state index in [0.29, 0.717) is 11.3 Å². The lowest BCUT2D eigenvalue weighted by atomic mass is 10.0. The Kier molecular flexibility index (Phi) is 3.74. The van der Waals surface area contributed by atoms with E-state index in [1.807, 2.05) is 42.5 Å². The topological polar surface area (TPSA) is 46.6 Å². The van der Waals surface area contributed by atoms with E-state index in [4.69, 9.17) is 4.74 Å². The Morgan fingerprint density at radius 3 is 2.17 bits per heavy atom. The Labute approximate surface area is 135 Å². The van der Waals surface area contributed by atoms with Crippen LogP contribution in [0.2, 0.25) is 0 Å². The Morgan fingerprint density at radius 1 is 1.00 bits per heavy atom. The number of ether oxygens (including phenoxy) is 1. The average molecular weight is 307 g/mol. The monoisotopic (exact) mass is 307 g/mol. The van der Waals surface area contributed by atoms with Gasteiger partial charge in [-0.25, -0.2) is 9.69 Å². The standard InChI is InChI=1S/C19H17NO3/c1-19(2)16(13-14-9-5-3-6-10-14)20(18(22)23-19)17(21)15-11-7-4-8-12-15/h3-13H,1-2H3/b16-13-. The van der Waals surface area contributed by atoms with Gasteiger partial charge in [0.2, 0.25) is 0 Å². The first-order chi connectivity index (χ1) is 11.0. The number of amides is 2. The lowest BCUT2D eigenvalue weighted by molar-refractivity contribution is 0.0792. The summed E-state index contributed by atoms with van der Waals surface area (Å²) in [5.41, 5.74) is 1.01. The van der Waals surface area contributed by atoms with Gasteiger partial charge in [0.15, 0.2) is 0 Å². The minimum absolute atomic E-state index is 0.386. The SMILES string of the molecule is CC1(C)OC(=O)N(C(=O)c2ccccc2)/C1=C\c1ccccc1. The number of hydrogen-bond acceptors (Lipinski definition) is 3. The summed E-state index contributed by atoms with van der Waals surface area (Å²) in [7, 11) is 0. The molecule has 1 fully saturated rings. The Bertz CT molecular complexity index is 764. The molecule has 2 amide bonds. The van der Waals surface area contributed by atoms with Gasteiger partial charge >= 0.3 is 6.09 Å². The molecule has 1 heterocycles. The predicted molar refractivity (Wildman–Crippen MR) is 87.6 cm³/mol. The highest BCUT2D eigenvalue weighted by molar-refractivity contribution is 6.06. The van der Waals surface area contributed by atoms with Gasteiger partial charge in [0.05, 0.1) is 5.70 Å². The molecule has 0 aromatic heterocycles. The molecule has 0 saturated carbocycles. The molecule has 1 aliphatic rings. The molecule has 0 bridgehead atoms. The minimum atomic E-state index is -0.864. The van der Waals surface area contributed by atoms with Crippen molar-refractivity contribution in [2.24, 2.45) is 0 Å². The van der Waals surface area contributed by atoms with Crippen LogP contribution in [-0.4, -0.2) is 22.5 Å². The van der Waals surface area contributed by atoms with Crippen LogP contribution in [0.1, 0.15) is 29.8 Å². The fourth-order valence-corrected chi connectivity index (χ4v) is 2.53. The second-order valence-corrected chi connectivity index (χ2v) is 5.83. The van der Waals surface area contributed by atoms with Gasteiger partial charge in [-0.2, -0.15) is 0 Å². The van der Waals surface area contributed by atoms with Crippen molar-refractivity contribution in [3.8, 4) is 0 Å². The normalized spacial score (nSPS) is 18.1. The van der Waals surface area contributed by atoms with E-state index in [9.17, 15) is 9.59 Å². The lowest BCUT2D eigenvalue weighted by Crippen LogP contribution is -2.32. The molecule has 2 aromatic carbocycles. The van der Waals surface area contributed by atoms with Crippen LogP contribution in [-0.2, 0) is 4.74 Å². The van der Waals surface area contributed by atoms with Crippen LogP contribution in [0.3, 0.4) is 0 Å². The molecule has 116 valence electrons. The van der Waals surface area contributed by atoms with E-state index in [0.717, 1.165) is 10.5 Å². The second kappa shape index (κ2) is 5.72. The van der Waals surface area contributed by atoms with Gasteiger partial charge < -0.3 is 4.74 Å². The molecule has 23 heavy (non-hydrogen) atoms. The maximum Gasteiger partial charge on any atom is 0.422 e. The zero-order valence-electron chi connectivity index (χ0n) is 13.0. The van der Waals surface area contributed by atoms with Gasteiger partial charge in [0, 0.05) is 5.56 Å². The van der Waals surface area contributed by atoms with E-state index in [1.165, 1.54) is 0 Å². The van der Waals surface area contributed by atoms with E-state index < -0.39 is 11.7 Å². The highest BCUT2D eigenvalue weighted by Gasteiger charge is 2.46. The molecule has 1 aliphatic heterocycles. The fourth-order valence-electron chi connectivity index (χ4n) is 2.53. The van der Waals surface area contributed by atoms with Gasteiger partial charge in [0.1, 0.15) is 5.60 Å². The molecule has 0 radical (unpaired) electrons. The third-order valence-corrected chi connectivity index (χ3v) is 3.71. The van der Waals surface area contributed by atoms with Crippen molar-refractivity contribution in [1.29, 1.82) is 0 Å². The van der Waals surface area contributed by atoms with Crippen molar-refractivity contribution < 1.29 is 14.3 Å². The van der Waals surface area contributed by atoms with Crippen molar-refractivity contribution >= 4 is 18.1 Å². The Hall–Kier alpha value is -2.88. The van der Waals surface area contributed by atoms with Gasteiger partial charge in [-0.15, -0.1) is 0 Å². The zero-order chi connectivity index (χ0) is 16.4. The summed E-state index contributed by atoms with van der Waals surface area (Å²) < 4.78 is 5.39. The number of carbonyl (C=O) groups excluding carboxylic acids is 2. The highest BCUT2D eigenvalue weighted by atomic mass is 16.6. The van der Waals surface area contributed by atoms with E-state index in [2.05, 4.69) is 0 Å². The second-order valence-electron chi connectivity index (χ2n) is 5.83. The molecule has 2 aromatic rings. The number of imide groups is 1. The van der Waals surface area contributed by atoms with Crippen LogP contribution in [0.25, 0.3) is 6.08 Å². The molecule has 3 rings (SSSR count). The van der Waals surface area contributed by atoms with Crippen molar-refractivity contribution in [3.63, 3.8) is 0 Å². The number of carbonyl (C=O) groups is 2. The van der Waals surface area contributed by atoms with Crippen LogP contribution >= 0.6 is 0 Å². The third-order valence-electron chi connectivity index (χ3n) is 3.71. The summed E-state index contributed by atoms with van der Waals surface area (Å²) in [5.74, 6) is -0.386. The van der Waals surface area contributed by atoms with E-state index in [1.54, 1.807) is 38.1 Å². The molecule has 0 atom stereocenters. The number of benzene rings is 2. The summed E-state index contributed by atoms with van der Waals surface area (Å²) >= 11 is 0. The summed E-state index contributed by atoms with van der Waals surface area (Å²) in [6.45, 7) is 3.55. The number of rotatable bonds is 2. The Balaban J connectivity index is 2.05. The Morgan fingerprint density at radius 2 is 1.57 bits per heavy atom.